The predicted molar refractivity (Wildman–Crippen MR) is 82.6 cm³/mol. The van der Waals surface area contributed by atoms with Crippen molar-refractivity contribution >= 4 is 11.8 Å². The molecule has 1 N–H and O–H groups in total. The van der Waals surface area contributed by atoms with Crippen LogP contribution in [-0.2, 0) is 9.59 Å². The maximum atomic E-state index is 13.0. The lowest BCUT2D eigenvalue weighted by Crippen LogP contribution is -2.65. The van der Waals surface area contributed by atoms with Crippen molar-refractivity contribution < 1.29 is 9.59 Å². The maximum Gasteiger partial charge on any atom is 0.250 e. The zero-order chi connectivity index (χ0) is 15.6. The third-order valence-corrected chi connectivity index (χ3v) is 4.78. The van der Waals surface area contributed by atoms with E-state index in [1.807, 2.05) is 30.3 Å². The molecule has 0 radical (unpaired) electrons. The van der Waals surface area contributed by atoms with Crippen LogP contribution in [0.4, 0.5) is 0 Å². The summed E-state index contributed by atoms with van der Waals surface area (Å²) in [5, 5.41) is 2.85. The van der Waals surface area contributed by atoms with Gasteiger partial charge >= 0.3 is 0 Å². The third kappa shape index (κ3) is 2.67. The van der Waals surface area contributed by atoms with E-state index >= 15 is 0 Å². The number of amides is 2. The van der Waals surface area contributed by atoms with Crippen molar-refractivity contribution in [2.75, 3.05) is 0 Å². The zero-order valence-corrected chi connectivity index (χ0v) is 13.2. The maximum absolute atomic E-state index is 13.0. The standard InChI is InChI=1S/C17H24N2O2/c1-5-17(4,6-2)19-12(3)15(20)18-14(16(19)21)13-10-8-7-9-11-13/h7-12,14H,5-6H2,1-4H3,(H,18,20). The van der Waals surface area contributed by atoms with Crippen molar-refractivity contribution in [2.24, 2.45) is 0 Å². The minimum absolute atomic E-state index is 0.0144. The summed E-state index contributed by atoms with van der Waals surface area (Å²) in [6.45, 7) is 7.99. The number of nitrogens with zero attached hydrogens (tertiary/aromatic N) is 1. The summed E-state index contributed by atoms with van der Waals surface area (Å²) in [4.78, 5) is 27.0. The highest BCUT2D eigenvalue weighted by Crippen LogP contribution is 2.32. The van der Waals surface area contributed by atoms with Gasteiger partial charge in [-0.05, 0) is 32.3 Å². The fourth-order valence-electron chi connectivity index (χ4n) is 2.97. The van der Waals surface area contributed by atoms with Crippen molar-refractivity contribution in [3.05, 3.63) is 35.9 Å². The van der Waals surface area contributed by atoms with Gasteiger partial charge < -0.3 is 10.2 Å². The van der Waals surface area contributed by atoms with E-state index < -0.39 is 12.1 Å². The van der Waals surface area contributed by atoms with Crippen molar-refractivity contribution in [1.29, 1.82) is 0 Å². The second-order valence-electron chi connectivity index (χ2n) is 5.94. The van der Waals surface area contributed by atoms with E-state index in [4.69, 9.17) is 0 Å². The third-order valence-electron chi connectivity index (χ3n) is 4.78. The molecule has 0 aliphatic carbocycles. The molecule has 0 spiro atoms. The van der Waals surface area contributed by atoms with Crippen LogP contribution in [0.2, 0.25) is 0 Å². The van der Waals surface area contributed by atoms with Crippen molar-refractivity contribution in [3.8, 4) is 0 Å². The average molecular weight is 288 g/mol. The van der Waals surface area contributed by atoms with Gasteiger partial charge in [0.15, 0.2) is 0 Å². The highest BCUT2D eigenvalue weighted by Gasteiger charge is 2.45. The minimum Gasteiger partial charge on any atom is -0.339 e. The molecule has 0 aromatic heterocycles. The average Bonchev–Trinajstić information content (AvgIpc) is 2.51. The first kappa shape index (κ1) is 15.5. The van der Waals surface area contributed by atoms with Crippen LogP contribution >= 0.6 is 0 Å². The van der Waals surface area contributed by atoms with Gasteiger partial charge in [0.25, 0.3) is 5.91 Å². The number of piperazine rings is 1. The first-order chi connectivity index (χ1) is 9.94. The summed E-state index contributed by atoms with van der Waals surface area (Å²) in [6.07, 6.45) is 1.66. The number of rotatable bonds is 4. The Kier molecular flexibility index (Phi) is 4.35. The topological polar surface area (TPSA) is 49.4 Å². The number of hydrogen-bond acceptors (Lipinski definition) is 2. The first-order valence-corrected chi connectivity index (χ1v) is 7.63. The van der Waals surface area contributed by atoms with Gasteiger partial charge in [-0.15, -0.1) is 0 Å². The molecule has 0 bridgehead atoms. The molecule has 4 nitrogen and oxygen atoms in total. The van der Waals surface area contributed by atoms with Crippen LogP contribution in [-0.4, -0.2) is 28.3 Å². The lowest BCUT2D eigenvalue weighted by atomic mass is 9.88. The molecule has 1 heterocycles. The molecular weight excluding hydrogens is 264 g/mol. The molecule has 2 atom stereocenters. The Hall–Kier alpha value is -1.84. The monoisotopic (exact) mass is 288 g/mol. The Morgan fingerprint density at radius 2 is 1.71 bits per heavy atom. The zero-order valence-electron chi connectivity index (χ0n) is 13.2. The molecular formula is C17H24N2O2. The van der Waals surface area contributed by atoms with E-state index in [2.05, 4.69) is 26.1 Å². The van der Waals surface area contributed by atoms with Crippen LogP contribution in [0.25, 0.3) is 0 Å². The molecule has 1 aliphatic heterocycles. The van der Waals surface area contributed by atoms with Gasteiger partial charge in [-0.2, -0.15) is 0 Å². The highest BCUT2D eigenvalue weighted by atomic mass is 16.2. The summed E-state index contributed by atoms with van der Waals surface area (Å²) < 4.78 is 0. The Labute approximate surface area is 126 Å². The fourth-order valence-corrected chi connectivity index (χ4v) is 2.97. The van der Waals surface area contributed by atoms with Gasteiger partial charge in [-0.3, -0.25) is 9.59 Å². The molecule has 114 valence electrons. The Bertz CT molecular complexity index is 523. The number of benzene rings is 1. The van der Waals surface area contributed by atoms with Crippen molar-refractivity contribution in [3.63, 3.8) is 0 Å². The van der Waals surface area contributed by atoms with Crippen LogP contribution < -0.4 is 5.32 Å². The van der Waals surface area contributed by atoms with Gasteiger partial charge in [0.2, 0.25) is 5.91 Å². The molecule has 0 saturated carbocycles. The molecule has 21 heavy (non-hydrogen) atoms. The van der Waals surface area contributed by atoms with Gasteiger partial charge in [0.1, 0.15) is 12.1 Å². The van der Waals surface area contributed by atoms with Crippen molar-refractivity contribution in [1.82, 2.24) is 10.2 Å². The van der Waals surface area contributed by atoms with E-state index in [9.17, 15) is 9.59 Å². The lowest BCUT2D eigenvalue weighted by Gasteiger charge is -2.48. The first-order valence-electron chi connectivity index (χ1n) is 7.63. The molecule has 2 unspecified atom stereocenters. The van der Waals surface area contributed by atoms with E-state index in [1.165, 1.54) is 0 Å². The predicted octanol–water partition coefficient (Wildman–Crippen LogP) is 2.65. The Morgan fingerprint density at radius 3 is 2.24 bits per heavy atom. The number of carbonyl (C=O) groups excluding carboxylic acids is 2. The second kappa shape index (κ2) is 5.88. The smallest absolute Gasteiger partial charge is 0.250 e. The number of hydrogen-bond donors (Lipinski definition) is 1. The van der Waals surface area contributed by atoms with Crippen LogP contribution in [0.15, 0.2) is 30.3 Å². The Morgan fingerprint density at radius 1 is 1.14 bits per heavy atom. The van der Waals surface area contributed by atoms with Gasteiger partial charge in [0, 0.05) is 5.54 Å². The molecule has 2 rings (SSSR count). The lowest BCUT2D eigenvalue weighted by molar-refractivity contribution is -0.156. The number of nitrogens with one attached hydrogen (secondary N) is 1. The van der Waals surface area contributed by atoms with Crippen LogP contribution in [0, 0.1) is 0 Å². The Balaban J connectivity index is 2.41. The van der Waals surface area contributed by atoms with Gasteiger partial charge in [0.05, 0.1) is 0 Å². The summed E-state index contributed by atoms with van der Waals surface area (Å²) in [5.41, 5.74) is 0.545. The quantitative estimate of drug-likeness (QED) is 0.926. The summed E-state index contributed by atoms with van der Waals surface area (Å²) in [7, 11) is 0. The summed E-state index contributed by atoms with van der Waals surface area (Å²) >= 11 is 0. The van der Waals surface area contributed by atoms with Crippen molar-refractivity contribution in [2.45, 2.75) is 58.2 Å². The summed E-state index contributed by atoms with van der Waals surface area (Å²) in [5.74, 6) is -0.101. The molecule has 1 saturated heterocycles. The normalized spacial score (nSPS) is 23.1. The van der Waals surface area contributed by atoms with Gasteiger partial charge in [-0.25, -0.2) is 0 Å². The van der Waals surface area contributed by atoms with E-state index in [1.54, 1.807) is 11.8 Å². The highest BCUT2D eigenvalue weighted by molar-refractivity contribution is 5.97. The molecule has 2 amide bonds. The van der Waals surface area contributed by atoms with E-state index in [0.29, 0.717) is 0 Å². The molecule has 1 aliphatic rings. The van der Waals surface area contributed by atoms with E-state index in [-0.39, 0.29) is 17.4 Å². The molecule has 4 heteroatoms. The minimum atomic E-state index is -0.577. The fraction of sp³-hybridized carbons (Fsp3) is 0.529. The molecule has 1 aromatic rings. The van der Waals surface area contributed by atoms with Crippen LogP contribution in [0.3, 0.4) is 0 Å². The van der Waals surface area contributed by atoms with E-state index in [0.717, 1.165) is 18.4 Å². The molecule has 1 fully saturated rings. The number of carbonyl (C=O) groups is 2. The van der Waals surface area contributed by atoms with Crippen LogP contribution in [0.1, 0.15) is 52.1 Å². The van der Waals surface area contributed by atoms with Gasteiger partial charge in [-0.1, -0.05) is 44.2 Å². The second-order valence-corrected chi connectivity index (χ2v) is 5.94. The SMILES string of the molecule is CCC(C)(CC)N1C(=O)C(c2ccccc2)NC(=O)C1C. The summed E-state index contributed by atoms with van der Waals surface area (Å²) in [6, 6.07) is 8.43. The largest absolute Gasteiger partial charge is 0.339 e. The van der Waals surface area contributed by atoms with Crippen LogP contribution in [0.5, 0.6) is 0 Å². The molecule has 1 aromatic carbocycles.